The molecule has 1 unspecified atom stereocenters. The van der Waals surface area contributed by atoms with Crippen LogP contribution in [0.1, 0.15) is 35.4 Å². The number of rotatable bonds is 2. The van der Waals surface area contributed by atoms with Crippen molar-refractivity contribution in [3.05, 3.63) is 41.2 Å². The third-order valence-electron chi connectivity index (χ3n) is 3.07. The van der Waals surface area contributed by atoms with Gasteiger partial charge in [0.2, 0.25) is 0 Å². The lowest BCUT2D eigenvalue weighted by atomic mass is 9.76. The Morgan fingerprint density at radius 1 is 1.53 bits per heavy atom. The lowest BCUT2D eigenvalue weighted by Gasteiger charge is -2.26. The average Bonchev–Trinajstić information content (AvgIpc) is 2.21. The lowest BCUT2D eigenvalue weighted by Crippen LogP contribution is -2.25. The third kappa shape index (κ3) is 1.50. The van der Waals surface area contributed by atoms with Gasteiger partial charge in [-0.25, -0.2) is 4.39 Å². The number of halogens is 1. The second-order valence-corrected chi connectivity index (χ2v) is 3.95. The molecule has 1 aliphatic carbocycles. The Morgan fingerprint density at radius 3 is 2.73 bits per heavy atom. The SMILES string of the molecule is C=Cc1c(C)ccc(F)c1C1CCC1=O. The Kier molecular flexibility index (Phi) is 2.43. The molecule has 1 aliphatic rings. The summed E-state index contributed by atoms with van der Waals surface area (Å²) in [6, 6.07) is 3.16. The first-order chi connectivity index (χ1) is 7.15. The summed E-state index contributed by atoms with van der Waals surface area (Å²) in [5, 5.41) is 0. The van der Waals surface area contributed by atoms with Gasteiger partial charge in [0, 0.05) is 17.9 Å². The van der Waals surface area contributed by atoms with E-state index in [1.165, 1.54) is 6.07 Å². The molecule has 78 valence electrons. The predicted molar refractivity (Wildman–Crippen MR) is 58.2 cm³/mol. The number of benzene rings is 1. The Morgan fingerprint density at radius 2 is 2.27 bits per heavy atom. The Bertz CT molecular complexity index is 434. The van der Waals surface area contributed by atoms with Crippen LogP contribution in [0.15, 0.2) is 18.7 Å². The third-order valence-corrected chi connectivity index (χ3v) is 3.07. The minimum absolute atomic E-state index is 0.141. The molecule has 0 amide bonds. The van der Waals surface area contributed by atoms with Crippen molar-refractivity contribution in [3.63, 3.8) is 0 Å². The predicted octanol–water partition coefficient (Wildman–Crippen LogP) is 3.22. The summed E-state index contributed by atoms with van der Waals surface area (Å²) < 4.78 is 13.7. The summed E-state index contributed by atoms with van der Waals surface area (Å²) in [6.07, 6.45) is 2.98. The van der Waals surface area contributed by atoms with Gasteiger partial charge in [0.1, 0.15) is 11.6 Å². The zero-order valence-corrected chi connectivity index (χ0v) is 8.72. The van der Waals surface area contributed by atoms with Crippen molar-refractivity contribution in [2.45, 2.75) is 25.7 Å². The minimum atomic E-state index is -0.284. The van der Waals surface area contributed by atoms with E-state index in [0.717, 1.165) is 17.5 Å². The van der Waals surface area contributed by atoms with E-state index >= 15 is 0 Å². The molecule has 2 heteroatoms. The molecule has 2 rings (SSSR count). The van der Waals surface area contributed by atoms with Crippen LogP contribution in [0, 0.1) is 12.7 Å². The number of carbonyl (C=O) groups excluding carboxylic acids is 1. The fourth-order valence-electron chi connectivity index (χ4n) is 2.06. The van der Waals surface area contributed by atoms with Crippen molar-refractivity contribution >= 4 is 11.9 Å². The molecule has 0 radical (unpaired) electrons. The van der Waals surface area contributed by atoms with Gasteiger partial charge in [0.25, 0.3) is 0 Å². The largest absolute Gasteiger partial charge is 0.299 e. The molecular formula is C13H13FO. The van der Waals surface area contributed by atoms with Crippen molar-refractivity contribution in [1.29, 1.82) is 0 Å². The molecule has 1 saturated carbocycles. The highest BCUT2D eigenvalue weighted by Gasteiger charge is 2.33. The summed E-state index contributed by atoms with van der Waals surface area (Å²) in [6.45, 7) is 5.59. The molecule has 0 aliphatic heterocycles. The van der Waals surface area contributed by atoms with E-state index in [1.807, 2.05) is 6.92 Å². The van der Waals surface area contributed by atoms with Crippen LogP contribution in [0.5, 0.6) is 0 Å². The smallest absolute Gasteiger partial charge is 0.140 e. The number of ketones is 1. The summed E-state index contributed by atoms with van der Waals surface area (Å²) in [4.78, 5) is 11.4. The van der Waals surface area contributed by atoms with E-state index in [9.17, 15) is 9.18 Å². The van der Waals surface area contributed by atoms with Crippen LogP contribution in [0.4, 0.5) is 4.39 Å². The molecule has 0 spiro atoms. The highest BCUT2D eigenvalue weighted by atomic mass is 19.1. The first-order valence-electron chi connectivity index (χ1n) is 5.09. The number of carbonyl (C=O) groups is 1. The summed E-state index contributed by atoms with van der Waals surface area (Å²) in [5.41, 5.74) is 2.30. The van der Waals surface area contributed by atoms with Crippen LogP contribution in [0.3, 0.4) is 0 Å². The highest BCUT2D eigenvalue weighted by Crippen LogP contribution is 2.37. The van der Waals surface area contributed by atoms with Crippen LogP contribution in [0.2, 0.25) is 0 Å². The lowest BCUT2D eigenvalue weighted by molar-refractivity contribution is -0.125. The van der Waals surface area contributed by atoms with Crippen LogP contribution in [0.25, 0.3) is 6.08 Å². The number of hydrogen-bond acceptors (Lipinski definition) is 1. The normalized spacial score (nSPS) is 19.9. The second kappa shape index (κ2) is 3.61. The van der Waals surface area contributed by atoms with Gasteiger partial charge in [-0.05, 0) is 30.5 Å². The van der Waals surface area contributed by atoms with Gasteiger partial charge in [0.05, 0.1) is 0 Å². The molecule has 0 aromatic heterocycles. The van der Waals surface area contributed by atoms with E-state index in [4.69, 9.17) is 0 Å². The topological polar surface area (TPSA) is 17.1 Å². The molecule has 0 N–H and O–H groups in total. The van der Waals surface area contributed by atoms with Crippen molar-refractivity contribution in [1.82, 2.24) is 0 Å². The van der Waals surface area contributed by atoms with Gasteiger partial charge in [-0.15, -0.1) is 0 Å². The van der Waals surface area contributed by atoms with E-state index in [2.05, 4.69) is 6.58 Å². The maximum atomic E-state index is 13.7. The van der Waals surface area contributed by atoms with Gasteiger partial charge in [-0.3, -0.25) is 4.79 Å². The maximum absolute atomic E-state index is 13.7. The quantitative estimate of drug-likeness (QED) is 0.722. The zero-order chi connectivity index (χ0) is 11.0. The maximum Gasteiger partial charge on any atom is 0.140 e. The Hall–Kier alpha value is -1.44. The van der Waals surface area contributed by atoms with E-state index in [0.29, 0.717) is 12.0 Å². The van der Waals surface area contributed by atoms with E-state index in [1.54, 1.807) is 12.1 Å². The summed E-state index contributed by atoms with van der Waals surface area (Å²) >= 11 is 0. The summed E-state index contributed by atoms with van der Waals surface area (Å²) in [5.74, 6) is -0.381. The standard InChI is InChI=1S/C13H13FO/c1-3-9-8(2)4-6-11(14)13(9)10-5-7-12(10)15/h3-4,6,10H,1,5,7H2,2H3. The van der Waals surface area contributed by atoms with Gasteiger partial charge >= 0.3 is 0 Å². The summed E-state index contributed by atoms with van der Waals surface area (Å²) in [7, 11) is 0. The molecule has 1 fully saturated rings. The molecule has 0 bridgehead atoms. The average molecular weight is 204 g/mol. The van der Waals surface area contributed by atoms with Crippen molar-refractivity contribution in [3.8, 4) is 0 Å². The van der Waals surface area contributed by atoms with Crippen LogP contribution in [-0.2, 0) is 4.79 Å². The van der Waals surface area contributed by atoms with Gasteiger partial charge in [0.15, 0.2) is 0 Å². The van der Waals surface area contributed by atoms with Gasteiger partial charge in [-0.2, -0.15) is 0 Å². The van der Waals surface area contributed by atoms with Crippen LogP contribution >= 0.6 is 0 Å². The number of aryl methyl sites for hydroxylation is 1. The molecule has 1 nitrogen and oxygen atoms in total. The molecule has 0 heterocycles. The van der Waals surface area contributed by atoms with Gasteiger partial charge < -0.3 is 0 Å². The van der Waals surface area contributed by atoms with Crippen molar-refractivity contribution in [2.24, 2.45) is 0 Å². The first kappa shape index (κ1) is 10.1. The fraction of sp³-hybridized carbons (Fsp3) is 0.308. The molecule has 0 saturated heterocycles. The van der Waals surface area contributed by atoms with Crippen LogP contribution in [-0.4, -0.2) is 5.78 Å². The molecule has 1 atom stereocenters. The Balaban J connectivity index is 2.57. The fourth-order valence-corrected chi connectivity index (χ4v) is 2.06. The minimum Gasteiger partial charge on any atom is -0.299 e. The number of hydrogen-bond donors (Lipinski definition) is 0. The van der Waals surface area contributed by atoms with Gasteiger partial charge in [-0.1, -0.05) is 18.7 Å². The second-order valence-electron chi connectivity index (χ2n) is 3.95. The monoisotopic (exact) mass is 204 g/mol. The zero-order valence-electron chi connectivity index (χ0n) is 8.72. The van der Waals surface area contributed by atoms with Crippen LogP contribution < -0.4 is 0 Å². The Labute approximate surface area is 88.6 Å². The number of Topliss-reactive ketones (excluding diaryl/α,β-unsaturated/α-hetero) is 1. The molecule has 15 heavy (non-hydrogen) atoms. The van der Waals surface area contributed by atoms with E-state index in [-0.39, 0.29) is 17.5 Å². The van der Waals surface area contributed by atoms with E-state index < -0.39 is 0 Å². The molecule has 1 aromatic carbocycles. The first-order valence-corrected chi connectivity index (χ1v) is 5.09. The molecular weight excluding hydrogens is 191 g/mol. The highest BCUT2D eigenvalue weighted by molar-refractivity contribution is 5.92. The van der Waals surface area contributed by atoms with Crippen molar-refractivity contribution in [2.75, 3.05) is 0 Å². The molecule has 1 aromatic rings. The van der Waals surface area contributed by atoms with Crippen molar-refractivity contribution < 1.29 is 9.18 Å².